The predicted molar refractivity (Wildman–Crippen MR) is 85.2 cm³/mol. The highest BCUT2D eigenvalue weighted by molar-refractivity contribution is 8.00. The second kappa shape index (κ2) is 8.57. The molecule has 0 radical (unpaired) electrons. The summed E-state index contributed by atoms with van der Waals surface area (Å²) in [6.07, 6.45) is 4.40. The first-order valence-corrected chi connectivity index (χ1v) is 7.96. The van der Waals surface area contributed by atoms with Gasteiger partial charge in [0.15, 0.2) is 11.0 Å². The average Bonchev–Trinajstić information content (AvgIpc) is 2.86. The number of nitrogens with zero attached hydrogens (tertiary/aromatic N) is 4. The van der Waals surface area contributed by atoms with Crippen LogP contribution in [0.2, 0.25) is 0 Å². The van der Waals surface area contributed by atoms with Crippen LogP contribution in [0.1, 0.15) is 32.0 Å². The van der Waals surface area contributed by atoms with Crippen molar-refractivity contribution in [3.05, 3.63) is 18.5 Å². The fourth-order valence-corrected chi connectivity index (χ4v) is 2.61. The van der Waals surface area contributed by atoms with E-state index in [-0.39, 0.29) is 12.5 Å². The lowest BCUT2D eigenvalue weighted by Crippen LogP contribution is -2.29. The smallest absolute Gasteiger partial charge is 0.346 e. The van der Waals surface area contributed by atoms with Gasteiger partial charge in [0.05, 0.1) is 0 Å². The lowest BCUT2D eigenvalue weighted by atomic mass is 10.2. The Balaban J connectivity index is 3.07. The quantitative estimate of drug-likeness (QED) is 0.582. The topological polar surface area (TPSA) is 88.3 Å². The van der Waals surface area contributed by atoms with Gasteiger partial charge in [0, 0.05) is 20.5 Å². The third-order valence-electron chi connectivity index (χ3n) is 2.84. The summed E-state index contributed by atoms with van der Waals surface area (Å²) >= 11 is 1.02. The molecule has 1 rings (SSSR count). The van der Waals surface area contributed by atoms with E-state index in [1.807, 2.05) is 0 Å². The van der Waals surface area contributed by atoms with Gasteiger partial charge in [-0.15, -0.1) is 11.7 Å². The minimum atomic E-state index is -0.966. The summed E-state index contributed by atoms with van der Waals surface area (Å²) in [5.41, 5.74) is 0. The van der Waals surface area contributed by atoms with Crippen LogP contribution in [0.15, 0.2) is 17.8 Å². The molecule has 0 saturated carbocycles. The lowest BCUT2D eigenvalue weighted by molar-refractivity contribution is -0.136. The summed E-state index contributed by atoms with van der Waals surface area (Å²) in [6, 6.07) is -0.347. The summed E-state index contributed by atoms with van der Waals surface area (Å²) in [5, 5.41) is 13.0. The van der Waals surface area contributed by atoms with Gasteiger partial charge in [-0.1, -0.05) is 31.2 Å². The Hall–Kier alpha value is -1.83. The van der Waals surface area contributed by atoms with Crippen LogP contribution in [0.5, 0.6) is 0 Å². The Morgan fingerprint density at radius 2 is 2.18 bits per heavy atom. The Morgan fingerprint density at radius 1 is 1.50 bits per heavy atom. The summed E-state index contributed by atoms with van der Waals surface area (Å²) < 4.78 is 1.18. The number of carboxylic acids is 1. The first-order valence-electron chi connectivity index (χ1n) is 7.08. The zero-order valence-electron chi connectivity index (χ0n) is 13.2. The highest BCUT2D eigenvalue weighted by Gasteiger charge is 2.24. The minimum absolute atomic E-state index is 0.285. The molecule has 0 aliphatic carbocycles. The van der Waals surface area contributed by atoms with Gasteiger partial charge in [-0.2, -0.15) is 4.68 Å². The van der Waals surface area contributed by atoms with E-state index in [0.717, 1.165) is 24.6 Å². The molecule has 1 amide bonds. The van der Waals surface area contributed by atoms with E-state index in [0.29, 0.717) is 17.4 Å². The third kappa shape index (κ3) is 4.87. The normalized spacial score (nSPS) is 12.0. The summed E-state index contributed by atoms with van der Waals surface area (Å²) in [7, 11) is 3.23. The molecule has 1 atom stereocenters. The second-order valence-electron chi connectivity index (χ2n) is 4.97. The molecule has 0 spiro atoms. The van der Waals surface area contributed by atoms with E-state index in [1.165, 1.54) is 15.7 Å². The lowest BCUT2D eigenvalue weighted by Gasteiger charge is -2.12. The van der Waals surface area contributed by atoms with Crippen molar-refractivity contribution in [2.24, 2.45) is 0 Å². The summed E-state index contributed by atoms with van der Waals surface area (Å²) in [4.78, 5) is 29.1. The molecule has 0 aliphatic heterocycles. The van der Waals surface area contributed by atoms with Gasteiger partial charge in [-0.05, 0) is 12.8 Å². The SMILES string of the molecule is C=CCC(Sc1nc(CCCC)nn1C(=O)N(C)C)C(=O)O. The van der Waals surface area contributed by atoms with Crippen molar-refractivity contribution in [1.82, 2.24) is 19.7 Å². The fraction of sp³-hybridized carbons (Fsp3) is 0.571. The molecule has 1 heterocycles. The standard InChI is InChI=1S/C14H22N4O3S/c1-5-7-9-11-15-13(18(16-11)14(21)17(3)4)22-10(8-6-2)12(19)20/h6,10H,2,5,7-9H2,1,3-4H3,(H,19,20). The van der Waals surface area contributed by atoms with Crippen molar-refractivity contribution in [1.29, 1.82) is 0 Å². The maximum atomic E-state index is 12.2. The highest BCUT2D eigenvalue weighted by Crippen LogP contribution is 2.25. The molecule has 122 valence electrons. The number of amides is 1. The van der Waals surface area contributed by atoms with E-state index >= 15 is 0 Å². The Labute approximate surface area is 134 Å². The minimum Gasteiger partial charge on any atom is -0.480 e. The summed E-state index contributed by atoms with van der Waals surface area (Å²) in [5.74, 6) is -0.408. The molecule has 0 aliphatic rings. The van der Waals surface area contributed by atoms with Crippen molar-refractivity contribution < 1.29 is 14.7 Å². The number of rotatable bonds is 8. The molecule has 0 saturated heterocycles. The number of allylic oxidation sites excluding steroid dienone is 1. The van der Waals surface area contributed by atoms with Crippen LogP contribution in [-0.4, -0.2) is 56.1 Å². The van der Waals surface area contributed by atoms with E-state index in [1.54, 1.807) is 14.1 Å². The number of hydrogen-bond acceptors (Lipinski definition) is 5. The molecule has 0 fully saturated rings. The van der Waals surface area contributed by atoms with Crippen molar-refractivity contribution >= 4 is 23.8 Å². The molecular weight excluding hydrogens is 304 g/mol. The first kappa shape index (κ1) is 18.2. The average molecular weight is 326 g/mol. The number of thioether (sulfide) groups is 1. The van der Waals surface area contributed by atoms with E-state index in [4.69, 9.17) is 0 Å². The molecule has 8 heteroatoms. The van der Waals surface area contributed by atoms with Crippen LogP contribution in [-0.2, 0) is 11.2 Å². The Bertz CT molecular complexity index is 542. The van der Waals surface area contributed by atoms with Gasteiger partial charge in [0.25, 0.3) is 0 Å². The number of aromatic nitrogens is 3. The van der Waals surface area contributed by atoms with Gasteiger partial charge in [0.1, 0.15) is 5.25 Å². The predicted octanol–water partition coefficient (Wildman–Crippen LogP) is 2.27. The van der Waals surface area contributed by atoms with Crippen molar-refractivity contribution in [2.75, 3.05) is 14.1 Å². The van der Waals surface area contributed by atoms with Crippen molar-refractivity contribution in [3.8, 4) is 0 Å². The number of hydrogen-bond donors (Lipinski definition) is 1. The van der Waals surface area contributed by atoms with E-state index < -0.39 is 11.2 Å². The number of carbonyl (C=O) groups is 2. The molecule has 1 N–H and O–H groups in total. The molecule has 7 nitrogen and oxygen atoms in total. The van der Waals surface area contributed by atoms with Crippen LogP contribution >= 0.6 is 11.8 Å². The fourth-order valence-electron chi connectivity index (χ4n) is 1.65. The maximum absolute atomic E-state index is 12.2. The van der Waals surface area contributed by atoms with Gasteiger partial charge in [0.2, 0.25) is 0 Å². The van der Waals surface area contributed by atoms with Gasteiger partial charge < -0.3 is 10.0 Å². The zero-order chi connectivity index (χ0) is 16.7. The third-order valence-corrected chi connectivity index (χ3v) is 4.00. The van der Waals surface area contributed by atoms with E-state index in [9.17, 15) is 14.7 Å². The molecule has 0 aromatic carbocycles. The molecule has 1 aromatic rings. The molecule has 1 unspecified atom stereocenters. The van der Waals surface area contributed by atoms with E-state index in [2.05, 4.69) is 23.6 Å². The molecule has 22 heavy (non-hydrogen) atoms. The van der Waals surface area contributed by atoms with Gasteiger partial charge in [-0.25, -0.2) is 9.78 Å². The van der Waals surface area contributed by atoms with Crippen LogP contribution in [0.25, 0.3) is 0 Å². The monoisotopic (exact) mass is 326 g/mol. The van der Waals surface area contributed by atoms with Gasteiger partial charge >= 0.3 is 12.0 Å². The molecule has 1 aromatic heterocycles. The van der Waals surface area contributed by atoms with Gasteiger partial charge in [-0.3, -0.25) is 4.79 Å². The summed E-state index contributed by atoms with van der Waals surface area (Å²) in [6.45, 7) is 5.62. The number of aryl methyl sites for hydroxylation is 1. The van der Waals surface area contributed by atoms with Crippen LogP contribution in [0, 0.1) is 0 Å². The number of carboxylic acid groups (broad SMARTS) is 1. The molecule has 0 bridgehead atoms. The highest BCUT2D eigenvalue weighted by atomic mass is 32.2. The Kier molecular flexibility index (Phi) is 7.10. The maximum Gasteiger partial charge on any atom is 0.346 e. The number of unbranched alkanes of at least 4 members (excludes halogenated alkanes) is 1. The largest absolute Gasteiger partial charge is 0.480 e. The van der Waals surface area contributed by atoms with Crippen molar-refractivity contribution in [2.45, 2.75) is 43.0 Å². The number of aliphatic carboxylic acids is 1. The zero-order valence-corrected chi connectivity index (χ0v) is 14.0. The Morgan fingerprint density at radius 3 is 2.68 bits per heavy atom. The van der Waals surface area contributed by atoms with Crippen LogP contribution in [0.3, 0.4) is 0 Å². The molecular formula is C14H22N4O3S. The van der Waals surface area contributed by atoms with Crippen LogP contribution in [0.4, 0.5) is 4.79 Å². The van der Waals surface area contributed by atoms with Crippen molar-refractivity contribution in [3.63, 3.8) is 0 Å². The van der Waals surface area contributed by atoms with Crippen LogP contribution < -0.4 is 0 Å². The second-order valence-corrected chi connectivity index (χ2v) is 6.14. The first-order chi connectivity index (χ1) is 10.4. The number of carbonyl (C=O) groups excluding carboxylic acids is 1.